The van der Waals surface area contributed by atoms with Gasteiger partial charge in [-0.2, -0.15) is 0 Å². The van der Waals surface area contributed by atoms with Gasteiger partial charge < -0.3 is 13.9 Å². The number of aromatic nitrogens is 1. The van der Waals surface area contributed by atoms with E-state index in [4.69, 9.17) is 13.9 Å². The van der Waals surface area contributed by atoms with Gasteiger partial charge in [0.05, 0.1) is 12.8 Å². The van der Waals surface area contributed by atoms with Crippen molar-refractivity contribution in [1.29, 1.82) is 0 Å². The molecule has 2 rings (SSSR count). The van der Waals surface area contributed by atoms with Gasteiger partial charge in [-0.1, -0.05) is 19.9 Å². The summed E-state index contributed by atoms with van der Waals surface area (Å²) in [5.41, 5.74) is 0.603. The predicted molar refractivity (Wildman–Crippen MR) is 82.0 cm³/mol. The minimum Gasteiger partial charge on any atom is -0.484 e. The molecule has 22 heavy (non-hydrogen) atoms. The topological polar surface area (TPSA) is 73.6 Å². The van der Waals surface area contributed by atoms with Crippen molar-refractivity contribution in [3.8, 4) is 5.75 Å². The van der Waals surface area contributed by atoms with Crippen LogP contribution in [0.3, 0.4) is 0 Å². The highest BCUT2D eigenvalue weighted by Crippen LogP contribution is 2.20. The Kier molecular flexibility index (Phi) is 5.41. The summed E-state index contributed by atoms with van der Waals surface area (Å²) in [6, 6.07) is 7.05. The summed E-state index contributed by atoms with van der Waals surface area (Å²) in [4.78, 5) is 15.5. The van der Waals surface area contributed by atoms with E-state index < -0.39 is 6.09 Å². The Hall–Kier alpha value is -2.50. The first-order valence-corrected chi connectivity index (χ1v) is 7.19. The quantitative estimate of drug-likeness (QED) is 0.874. The second-order valence-corrected chi connectivity index (χ2v) is 4.97. The van der Waals surface area contributed by atoms with E-state index in [1.807, 2.05) is 13.8 Å². The fraction of sp³-hybridized carbons (Fsp3) is 0.375. The Bertz CT molecular complexity index is 622. The zero-order valence-electron chi connectivity index (χ0n) is 13.0. The molecule has 0 aliphatic rings. The number of nitrogens with one attached hydrogen (secondary N) is 1. The summed E-state index contributed by atoms with van der Waals surface area (Å²) in [6.07, 6.45) is 1.22. The molecule has 0 atom stereocenters. The Morgan fingerprint density at radius 3 is 2.91 bits per heavy atom. The van der Waals surface area contributed by atoms with Crippen LogP contribution in [-0.2, 0) is 11.3 Å². The van der Waals surface area contributed by atoms with Gasteiger partial charge in [0, 0.05) is 17.7 Å². The lowest BCUT2D eigenvalue weighted by Crippen LogP contribution is -2.13. The molecule has 0 radical (unpaired) electrons. The van der Waals surface area contributed by atoms with Crippen LogP contribution in [0.15, 0.2) is 34.9 Å². The van der Waals surface area contributed by atoms with Crippen LogP contribution in [0.5, 0.6) is 5.75 Å². The summed E-state index contributed by atoms with van der Waals surface area (Å²) in [5, 5.41) is 2.62. The average Bonchev–Trinajstić information content (AvgIpc) is 2.95. The van der Waals surface area contributed by atoms with Crippen molar-refractivity contribution >= 4 is 11.8 Å². The van der Waals surface area contributed by atoms with E-state index in [0.717, 1.165) is 5.76 Å². The number of hydrogen-bond acceptors (Lipinski definition) is 5. The highest BCUT2D eigenvalue weighted by Gasteiger charge is 2.08. The number of hydrogen-bond donors (Lipinski definition) is 1. The molecule has 1 aromatic heterocycles. The molecule has 6 heteroatoms. The van der Waals surface area contributed by atoms with E-state index in [-0.39, 0.29) is 6.61 Å². The summed E-state index contributed by atoms with van der Waals surface area (Å²) >= 11 is 0. The molecule has 0 bridgehead atoms. The molecule has 1 heterocycles. The summed E-state index contributed by atoms with van der Waals surface area (Å²) in [5.74, 6) is 2.25. The Labute approximate surface area is 129 Å². The van der Waals surface area contributed by atoms with E-state index >= 15 is 0 Å². The number of oxazole rings is 1. The van der Waals surface area contributed by atoms with E-state index in [1.165, 1.54) is 0 Å². The standard InChI is InChI=1S/C16H20N2O4/c1-4-20-16(19)18-12-6-5-7-13(8-12)21-10-15-17-9-14(22-15)11(2)3/h5-9,11H,4,10H2,1-3H3,(H,18,19). The third kappa shape index (κ3) is 4.51. The monoisotopic (exact) mass is 304 g/mol. The van der Waals surface area contributed by atoms with Crippen molar-refractivity contribution in [1.82, 2.24) is 4.98 Å². The minimum atomic E-state index is -0.492. The third-order valence-electron chi connectivity index (χ3n) is 2.86. The van der Waals surface area contributed by atoms with Crippen molar-refractivity contribution < 1.29 is 18.7 Å². The van der Waals surface area contributed by atoms with Crippen LogP contribution in [0, 0.1) is 0 Å². The lowest BCUT2D eigenvalue weighted by Gasteiger charge is -2.08. The Morgan fingerprint density at radius 1 is 1.41 bits per heavy atom. The molecular weight excluding hydrogens is 284 g/mol. The maximum absolute atomic E-state index is 11.4. The number of rotatable bonds is 6. The van der Waals surface area contributed by atoms with Gasteiger partial charge in [0.2, 0.25) is 5.89 Å². The predicted octanol–water partition coefficient (Wildman–Crippen LogP) is 3.95. The first-order valence-electron chi connectivity index (χ1n) is 7.19. The molecule has 0 aliphatic carbocycles. The van der Waals surface area contributed by atoms with Crippen LogP contribution < -0.4 is 10.1 Å². The zero-order chi connectivity index (χ0) is 15.9. The van der Waals surface area contributed by atoms with Gasteiger partial charge in [-0.25, -0.2) is 9.78 Å². The highest BCUT2D eigenvalue weighted by atomic mass is 16.5. The van der Waals surface area contributed by atoms with E-state index in [0.29, 0.717) is 29.9 Å². The molecule has 0 saturated carbocycles. The number of anilines is 1. The molecule has 2 aromatic rings. The zero-order valence-corrected chi connectivity index (χ0v) is 13.0. The van der Waals surface area contributed by atoms with Gasteiger partial charge in [-0.3, -0.25) is 5.32 Å². The molecule has 6 nitrogen and oxygen atoms in total. The van der Waals surface area contributed by atoms with Crippen LogP contribution in [-0.4, -0.2) is 17.7 Å². The van der Waals surface area contributed by atoms with E-state index in [9.17, 15) is 4.79 Å². The molecule has 1 N–H and O–H groups in total. The summed E-state index contributed by atoms with van der Waals surface area (Å²) < 4.78 is 16.0. The fourth-order valence-corrected chi connectivity index (χ4v) is 1.75. The maximum atomic E-state index is 11.4. The SMILES string of the molecule is CCOC(=O)Nc1cccc(OCc2ncc(C(C)C)o2)c1. The number of benzene rings is 1. The number of carbonyl (C=O) groups excluding carboxylic acids is 1. The second-order valence-electron chi connectivity index (χ2n) is 4.97. The number of amides is 1. The Morgan fingerprint density at radius 2 is 2.23 bits per heavy atom. The van der Waals surface area contributed by atoms with Crippen molar-refractivity contribution in [2.75, 3.05) is 11.9 Å². The molecule has 1 aromatic carbocycles. The molecule has 0 fully saturated rings. The van der Waals surface area contributed by atoms with Gasteiger partial charge in [0.25, 0.3) is 0 Å². The molecule has 0 saturated heterocycles. The molecule has 0 unspecified atom stereocenters. The lowest BCUT2D eigenvalue weighted by molar-refractivity contribution is 0.168. The average molecular weight is 304 g/mol. The van der Waals surface area contributed by atoms with Gasteiger partial charge in [0.1, 0.15) is 11.5 Å². The van der Waals surface area contributed by atoms with Crippen molar-refractivity contribution in [2.24, 2.45) is 0 Å². The number of carbonyl (C=O) groups is 1. The van der Waals surface area contributed by atoms with E-state index in [2.05, 4.69) is 10.3 Å². The normalized spacial score (nSPS) is 10.5. The number of nitrogens with zero attached hydrogens (tertiary/aromatic N) is 1. The Balaban J connectivity index is 1.93. The minimum absolute atomic E-state index is 0.232. The molecule has 118 valence electrons. The van der Waals surface area contributed by atoms with Crippen LogP contribution in [0.1, 0.15) is 38.3 Å². The lowest BCUT2D eigenvalue weighted by atomic mass is 10.2. The number of ether oxygens (including phenoxy) is 2. The smallest absolute Gasteiger partial charge is 0.411 e. The molecular formula is C16H20N2O4. The van der Waals surface area contributed by atoms with E-state index in [1.54, 1.807) is 37.4 Å². The van der Waals surface area contributed by atoms with Gasteiger partial charge >= 0.3 is 6.09 Å². The van der Waals surface area contributed by atoms with Gasteiger partial charge in [-0.15, -0.1) is 0 Å². The summed E-state index contributed by atoms with van der Waals surface area (Å²) in [7, 11) is 0. The van der Waals surface area contributed by atoms with Crippen LogP contribution >= 0.6 is 0 Å². The fourth-order valence-electron chi connectivity index (χ4n) is 1.75. The maximum Gasteiger partial charge on any atom is 0.411 e. The first-order chi connectivity index (χ1) is 10.6. The largest absolute Gasteiger partial charge is 0.484 e. The summed E-state index contributed by atoms with van der Waals surface area (Å²) in [6.45, 7) is 6.38. The second kappa shape index (κ2) is 7.49. The first kappa shape index (κ1) is 15.9. The molecule has 0 spiro atoms. The van der Waals surface area contributed by atoms with Gasteiger partial charge in [0.15, 0.2) is 6.61 Å². The van der Waals surface area contributed by atoms with Crippen molar-refractivity contribution in [3.05, 3.63) is 42.1 Å². The van der Waals surface area contributed by atoms with Gasteiger partial charge in [-0.05, 0) is 19.1 Å². The molecule has 1 amide bonds. The molecule has 0 aliphatic heterocycles. The third-order valence-corrected chi connectivity index (χ3v) is 2.86. The van der Waals surface area contributed by atoms with Crippen LogP contribution in [0.4, 0.5) is 10.5 Å². The van der Waals surface area contributed by atoms with Crippen molar-refractivity contribution in [2.45, 2.75) is 33.3 Å². The van der Waals surface area contributed by atoms with Crippen molar-refractivity contribution in [3.63, 3.8) is 0 Å². The van der Waals surface area contributed by atoms with Crippen LogP contribution in [0.25, 0.3) is 0 Å². The van der Waals surface area contributed by atoms with Crippen LogP contribution in [0.2, 0.25) is 0 Å². The highest BCUT2D eigenvalue weighted by molar-refractivity contribution is 5.84.